The molecule has 93 heavy (non-hydrogen) atoms. The predicted octanol–water partition coefficient (Wildman–Crippen LogP) is 21.4. The van der Waals surface area contributed by atoms with Crippen molar-refractivity contribution < 1.29 is 80.2 Å². The summed E-state index contributed by atoms with van der Waals surface area (Å²) < 4.78 is 68.4. The number of phosphoric acid groups is 2. The van der Waals surface area contributed by atoms with Crippen LogP contribution in [0.1, 0.15) is 376 Å². The first-order valence-corrected chi connectivity index (χ1v) is 41.4. The molecule has 0 saturated carbocycles. The van der Waals surface area contributed by atoms with Crippen LogP contribution in [0.5, 0.6) is 0 Å². The quantitative estimate of drug-likeness (QED) is 0.0222. The number of ether oxygens (including phenoxy) is 4. The second-order valence-corrected chi connectivity index (χ2v) is 30.8. The highest BCUT2D eigenvalue weighted by molar-refractivity contribution is 7.47. The number of unbranched alkanes of at least 4 members (excludes halogenated alkanes) is 39. The monoisotopic (exact) mass is 1370 g/mol. The van der Waals surface area contributed by atoms with Gasteiger partial charge in [0, 0.05) is 25.7 Å². The lowest BCUT2D eigenvalue weighted by Crippen LogP contribution is -2.30. The van der Waals surface area contributed by atoms with E-state index < -0.39 is 97.5 Å². The first kappa shape index (κ1) is 91.1. The maximum Gasteiger partial charge on any atom is 0.472 e. The molecule has 0 heterocycles. The third kappa shape index (κ3) is 67.0. The van der Waals surface area contributed by atoms with Crippen LogP contribution < -0.4 is 0 Å². The molecule has 0 fully saturated rings. The summed E-state index contributed by atoms with van der Waals surface area (Å²) in [4.78, 5) is 72.7. The van der Waals surface area contributed by atoms with Gasteiger partial charge >= 0.3 is 39.5 Å². The maximum absolute atomic E-state index is 13.1. The van der Waals surface area contributed by atoms with Gasteiger partial charge in [0.2, 0.25) is 0 Å². The molecule has 6 atom stereocenters. The van der Waals surface area contributed by atoms with Crippen LogP contribution in [-0.2, 0) is 65.4 Å². The standard InChI is InChI=1S/C74H144O17P2/c1-8-10-11-12-13-14-15-16-17-18-19-20-23-27-35-43-50-57-73(78)90-69(61-84-71(76)55-48-41-34-26-24-21-22-25-31-38-45-52-65(3)4)63-88-92(80,81)86-59-68(75)60-87-93(82,83)89-64-70(62-85-72(77)56-49-42-37-30-32-39-46-53-66(5)6)91-74(79)58-51-44-36-29-28-33-40-47-54-67(7)9-2/h65-70,75H,8-64H2,1-7H3,(H,80,81)(H,82,83)/t67?,68-,69-,70-/m1/s1. The van der Waals surface area contributed by atoms with Crippen LogP contribution >= 0.6 is 15.6 Å². The van der Waals surface area contributed by atoms with E-state index in [4.69, 9.17) is 37.0 Å². The van der Waals surface area contributed by atoms with Crippen molar-refractivity contribution >= 4 is 39.5 Å². The molecule has 552 valence electrons. The second-order valence-electron chi connectivity index (χ2n) is 27.9. The molecule has 0 radical (unpaired) electrons. The third-order valence-corrected chi connectivity index (χ3v) is 19.4. The van der Waals surface area contributed by atoms with E-state index >= 15 is 0 Å². The number of hydrogen-bond donors (Lipinski definition) is 3. The zero-order valence-electron chi connectivity index (χ0n) is 60.7. The maximum atomic E-state index is 13.1. The van der Waals surface area contributed by atoms with Gasteiger partial charge in [-0.15, -0.1) is 0 Å². The summed E-state index contributed by atoms with van der Waals surface area (Å²) in [5.74, 6) is 0.123. The Bertz CT molecular complexity index is 1820. The van der Waals surface area contributed by atoms with Crippen LogP contribution in [0.3, 0.4) is 0 Å². The molecule has 0 aromatic rings. The minimum absolute atomic E-state index is 0.104. The largest absolute Gasteiger partial charge is 0.472 e. The van der Waals surface area contributed by atoms with E-state index in [2.05, 4.69) is 48.5 Å². The molecule has 0 aliphatic heterocycles. The van der Waals surface area contributed by atoms with E-state index in [-0.39, 0.29) is 25.7 Å². The topological polar surface area (TPSA) is 237 Å². The molecule has 0 aliphatic rings. The minimum Gasteiger partial charge on any atom is -0.462 e. The Kier molecular flexibility index (Phi) is 63.4. The number of phosphoric ester groups is 2. The Balaban J connectivity index is 5.25. The molecule has 19 heteroatoms. The van der Waals surface area contributed by atoms with Crippen molar-refractivity contribution in [3.63, 3.8) is 0 Å². The molecule has 0 aromatic carbocycles. The fourth-order valence-electron chi connectivity index (χ4n) is 11.2. The van der Waals surface area contributed by atoms with Gasteiger partial charge in [-0.3, -0.25) is 37.3 Å². The van der Waals surface area contributed by atoms with Crippen molar-refractivity contribution in [2.45, 2.75) is 394 Å². The van der Waals surface area contributed by atoms with E-state index in [0.717, 1.165) is 108 Å². The molecule has 3 N–H and O–H groups in total. The molecule has 0 aliphatic carbocycles. The van der Waals surface area contributed by atoms with Gasteiger partial charge in [-0.05, 0) is 43.4 Å². The fraction of sp³-hybridized carbons (Fsp3) is 0.946. The van der Waals surface area contributed by atoms with Crippen LogP contribution in [0.4, 0.5) is 0 Å². The van der Waals surface area contributed by atoms with E-state index in [0.29, 0.717) is 31.6 Å². The average molecular weight is 1370 g/mol. The van der Waals surface area contributed by atoms with Crippen molar-refractivity contribution in [3.8, 4) is 0 Å². The average Bonchev–Trinajstić information content (AvgIpc) is 2.49. The summed E-state index contributed by atoms with van der Waals surface area (Å²) >= 11 is 0. The normalized spacial score (nSPS) is 14.4. The molecule has 0 spiro atoms. The number of aliphatic hydroxyl groups excluding tert-OH is 1. The van der Waals surface area contributed by atoms with Crippen molar-refractivity contribution in [2.75, 3.05) is 39.6 Å². The zero-order valence-corrected chi connectivity index (χ0v) is 62.5. The van der Waals surface area contributed by atoms with Gasteiger partial charge in [0.05, 0.1) is 26.4 Å². The lowest BCUT2D eigenvalue weighted by Gasteiger charge is -2.21. The zero-order chi connectivity index (χ0) is 68.7. The van der Waals surface area contributed by atoms with Crippen LogP contribution in [0.15, 0.2) is 0 Å². The number of carbonyl (C=O) groups excluding carboxylic acids is 4. The Morgan fingerprint density at radius 3 is 0.817 bits per heavy atom. The van der Waals surface area contributed by atoms with E-state index in [1.165, 1.54) is 180 Å². The van der Waals surface area contributed by atoms with E-state index in [9.17, 15) is 43.2 Å². The summed E-state index contributed by atoms with van der Waals surface area (Å²) in [6.45, 7) is 11.8. The first-order valence-electron chi connectivity index (χ1n) is 38.4. The summed E-state index contributed by atoms with van der Waals surface area (Å²) in [5, 5.41) is 10.6. The van der Waals surface area contributed by atoms with Crippen LogP contribution in [0, 0.1) is 17.8 Å². The van der Waals surface area contributed by atoms with Crippen LogP contribution in [0.25, 0.3) is 0 Å². The molecule has 0 bridgehead atoms. The Morgan fingerprint density at radius 2 is 0.548 bits per heavy atom. The lowest BCUT2D eigenvalue weighted by molar-refractivity contribution is -0.161. The van der Waals surface area contributed by atoms with Gasteiger partial charge in [-0.25, -0.2) is 9.13 Å². The predicted molar refractivity (Wildman–Crippen MR) is 377 cm³/mol. The Hall–Kier alpha value is -1.94. The summed E-state index contributed by atoms with van der Waals surface area (Å²) in [6.07, 6.45) is 50.0. The van der Waals surface area contributed by atoms with Crippen molar-refractivity contribution in [3.05, 3.63) is 0 Å². The van der Waals surface area contributed by atoms with Crippen LogP contribution in [0.2, 0.25) is 0 Å². The number of carbonyl (C=O) groups is 4. The summed E-state index contributed by atoms with van der Waals surface area (Å²) in [6, 6.07) is 0. The van der Waals surface area contributed by atoms with Crippen LogP contribution in [-0.4, -0.2) is 96.7 Å². The van der Waals surface area contributed by atoms with Gasteiger partial charge in [-0.1, -0.05) is 325 Å². The van der Waals surface area contributed by atoms with Crippen molar-refractivity contribution in [1.82, 2.24) is 0 Å². The van der Waals surface area contributed by atoms with Gasteiger partial charge in [0.15, 0.2) is 12.2 Å². The van der Waals surface area contributed by atoms with Gasteiger partial charge in [0.25, 0.3) is 0 Å². The van der Waals surface area contributed by atoms with Gasteiger partial charge < -0.3 is 33.8 Å². The number of rotatable bonds is 72. The summed E-state index contributed by atoms with van der Waals surface area (Å²) in [5.41, 5.74) is 0. The minimum atomic E-state index is -4.96. The van der Waals surface area contributed by atoms with Gasteiger partial charge in [-0.2, -0.15) is 0 Å². The molecule has 3 unspecified atom stereocenters. The molecule has 0 saturated heterocycles. The molecule has 0 amide bonds. The smallest absolute Gasteiger partial charge is 0.462 e. The highest BCUT2D eigenvalue weighted by Gasteiger charge is 2.30. The number of aliphatic hydroxyl groups is 1. The summed E-state index contributed by atoms with van der Waals surface area (Å²) in [7, 11) is -9.91. The molecule has 0 rings (SSSR count). The molecular formula is C74H144O17P2. The Labute approximate surface area is 568 Å². The van der Waals surface area contributed by atoms with E-state index in [1.807, 2.05) is 0 Å². The first-order chi connectivity index (χ1) is 44.8. The van der Waals surface area contributed by atoms with Gasteiger partial charge in [0.1, 0.15) is 19.3 Å². The molecular weight excluding hydrogens is 1220 g/mol. The number of esters is 4. The fourth-order valence-corrected chi connectivity index (χ4v) is 12.8. The van der Waals surface area contributed by atoms with Crippen molar-refractivity contribution in [1.29, 1.82) is 0 Å². The number of hydrogen-bond acceptors (Lipinski definition) is 15. The van der Waals surface area contributed by atoms with E-state index in [1.54, 1.807) is 0 Å². The second kappa shape index (κ2) is 64.7. The Morgan fingerprint density at radius 1 is 0.312 bits per heavy atom. The SMILES string of the molecule is CCCCCCCCCCCCCCCCCCCC(=O)O[C@H](COC(=O)CCCCCCCCCCCCCC(C)C)COP(=O)(O)OC[C@@H](O)COP(=O)(O)OC[C@@H](COC(=O)CCCCCCCCCC(C)C)OC(=O)CCCCCCCCCCC(C)CC. The third-order valence-electron chi connectivity index (χ3n) is 17.5. The highest BCUT2D eigenvalue weighted by Crippen LogP contribution is 2.45. The molecule has 0 aromatic heterocycles. The molecule has 17 nitrogen and oxygen atoms in total. The van der Waals surface area contributed by atoms with Crippen molar-refractivity contribution in [2.24, 2.45) is 17.8 Å². The lowest BCUT2D eigenvalue weighted by atomic mass is 9.99. The highest BCUT2D eigenvalue weighted by atomic mass is 31.2.